The number of nitrogens with two attached hydrogens (primary N) is 1. The minimum atomic E-state index is -2.26. The Labute approximate surface area is 319 Å². The lowest BCUT2D eigenvalue weighted by atomic mass is 9.45. The van der Waals surface area contributed by atoms with E-state index in [0.29, 0.717) is 51.1 Å². The van der Waals surface area contributed by atoms with Gasteiger partial charge in [-0.15, -0.1) is 0 Å². The molecular formula is C40H64FN5O8. The van der Waals surface area contributed by atoms with Crippen LogP contribution in [0.15, 0.2) is 23.8 Å². The van der Waals surface area contributed by atoms with Crippen molar-refractivity contribution in [1.82, 2.24) is 21.3 Å². The average Bonchev–Trinajstić information content (AvgIpc) is 3.34. The Morgan fingerprint density at radius 2 is 1.48 bits per heavy atom. The molecule has 0 aromatic carbocycles. The van der Waals surface area contributed by atoms with Gasteiger partial charge in [-0.1, -0.05) is 38.0 Å². The molecule has 0 saturated heterocycles. The highest BCUT2D eigenvalue weighted by Gasteiger charge is 2.75. The van der Waals surface area contributed by atoms with E-state index < -0.39 is 70.2 Å². The molecule has 7 atom stereocenters. The van der Waals surface area contributed by atoms with Crippen LogP contribution in [0.25, 0.3) is 0 Å². The first-order valence-corrected chi connectivity index (χ1v) is 20.1. The molecule has 7 N–H and O–H groups in total. The smallest absolute Gasteiger partial charge is 0.407 e. The lowest BCUT2D eigenvalue weighted by Crippen LogP contribution is -2.67. The van der Waals surface area contributed by atoms with Gasteiger partial charge in [-0.05, 0) is 115 Å². The van der Waals surface area contributed by atoms with Crippen LogP contribution in [0.4, 0.5) is 14.0 Å². The van der Waals surface area contributed by atoms with Crippen molar-refractivity contribution >= 4 is 29.5 Å². The Hall–Kier alpha value is -3.20. The van der Waals surface area contributed by atoms with Crippen LogP contribution in [0, 0.1) is 28.6 Å². The van der Waals surface area contributed by atoms with Gasteiger partial charge < -0.3 is 41.6 Å². The number of fused-ring (bicyclic) bond motifs is 5. The summed E-state index contributed by atoms with van der Waals surface area (Å²) >= 11 is 0. The third kappa shape index (κ3) is 9.42. The van der Waals surface area contributed by atoms with Crippen LogP contribution >= 0.6 is 0 Å². The van der Waals surface area contributed by atoms with Crippen LogP contribution < -0.4 is 27.0 Å². The van der Waals surface area contributed by atoms with Crippen molar-refractivity contribution in [3.05, 3.63) is 23.8 Å². The van der Waals surface area contributed by atoms with Gasteiger partial charge in [0, 0.05) is 42.7 Å². The van der Waals surface area contributed by atoms with Gasteiger partial charge in [0.1, 0.15) is 5.60 Å². The maximum absolute atomic E-state index is 17.3. The molecule has 4 unspecified atom stereocenters. The minimum Gasteiger partial charge on any atom is -0.450 e. The van der Waals surface area contributed by atoms with Gasteiger partial charge >= 0.3 is 12.2 Å². The first-order chi connectivity index (χ1) is 25.8. The lowest BCUT2D eigenvalue weighted by molar-refractivity contribution is -0.185. The third-order valence-corrected chi connectivity index (χ3v) is 12.6. The molecule has 0 radical (unpaired) electrons. The van der Waals surface area contributed by atoms with Crippen molar-refractivity contribution in [3.63, 3.8) is 0 Å². The molecule has 14 heteroatoms. The van der Waals surface area contributed by atoms with Crippen LogP contribution in [-0.2, 0) is 23.9 Å². The van der Waals surface area contributed by atoms with Crippen molar-refractivity contribution in [1.29, 1.82) is 0 Å². The maximum Gasteiger partial charge on any atom is 0.407 e. The predicted octanol–water partition coefficient (Wildman–Crippen LogP) is 3.82. The first-order valence-electron chi connectivity index (χ1n) is 20.1. The summed E-state index contributed by atoms with van der Waals surface area (Å²) in [7, 11) is 0. The van der Waals surface area contributed by atoms with Crippen molar-refractivity contribution in [3.8, 4) is 0 Å². The van der Waals surface area contributed by atoms with E-state index in [-0.39, 0.29) is 25.0 Å². The second-order valence-electron chi connectivity index (χ2n) is 16.1. The number of allylic oxidation sites excluding steroid dienone is 4. The molecule has 0 aliphatic heterocycles. The molecule has 4 aliphatic carbocycles. The number of halogens is 1. The van der Waals surface area contributed by atoms with E-state index in [0.717, 1.165) is 64.7 Å². The number of carbonyl (C=O) groups is 5. The van der Waals surface area contributed by atoms with Gasteiger partial charge in [0.25, 0.3) is 0 Å². The number of hydrogen-bond acceptors (Lipinski definition) is 11. The minimum absolute atomic E-state index is 0.0727. The van der Waals surface area contributed by atoms with Crippen LogP contribution in [0.3, 0.4) is 0 Å². The van der Waals surface area contributed by atoms with Crippen molar-refractivity contribution in [2.75, 3.05) is 59.0 Å². The number of hydrogen-bond donors (Lipinski definition) is 6. The SMILES string of the molecule is C[C@@H]1CC2C3CC=C4CC(=O)C=CC4(C)[C@@]3(F)C(=O)CC2(C)[C@@]1(O)C(=O)COC(=O)NCCCCCCOC(=O)NCCCNCCCCNCCCN. The summed E-state index contributed by atoms with van der Waals surface area (Å²) in [5.74, 6) is -3.35. The molecule has 304 valence electrons. The molecule has 0 aromatic heterocycles. The van der Waals surface area contributed by atoms with Crippen LogP contribution in [-0.4, -0.2) is 105 Å². The number of ketones is 3. The van der Waals surface area contributed by atoms with E-state index in [1.54, 1.807) is 20.8 Å². The van der Waals surface area contributed by atoms with Gasteiger partial charge in [0.05, 0.1) is 6.61 Å². The Balaban J connectivity index is 1.08. The number of alkyl carbamates (subject to hydrolysis) is 2. The Bertz CT molecular complexity index is 1410. The van der Waals surface area contributed by atoms with Crippen molar-refractivity contribution < 1.29 is 42.9 Å². The van der Waals surface area contributed by atoms with E-state index in [1.165, 1.54) is 12.2 Å². The number of alkyl halides is 1. The van der Waals surface area contributed by atoms with E-state index in [9.17, 15) is 29.1 Å². The maximum atomic E-state index is 17.3. The van der Waals surface area contributed by atoms with Crippen LogP contribution in [0.5, 0.6) is 0 Å². The summed E-state index contributed by atoms with van der Waals surface area (Å²) in [6.45, 7) is 10.0. The molecule has 0 aromatic rings. The lowest BCUT2D eigenvalue weighted by Gasteiger charge is -2.58. The van der Waals surface area contributed by atoms with E-state index >= 15 is 4.39 Å². The molecule has 13 nitrogen and oxygen atoms in total. The van der Waals surface area contributed by atoms with Gasteiger partial charge in [0.15, 0.2) is 23.8 Å². The van der Waals surface area contributed by atoms with Crippen LogP contribution in [0.1, 0.15) is 97.8 Å². The molecule has 0 spiro atoms. The van der Waals surface area contributed by atoms with E-state index in [2.05, 4.69) is 21.3 Å². The Kier molecular flexibility index (Phi) is 15.8. The Morgan fingerprint density at radius 1 is 0.870 bits per heavy atom. The van der Waals surface area contributed by atoms with E-state index in [1.807, 2.05) is 6.08 Å². The second-order valence-corrected chi connectivity index (χ2v) is 16.1. The largest absolute Gasteiger partial charge is 0.450 e. The molecule has 0 heterocycles. The average molecular weight is 762 g/mol. The fourth-order valence-corrected chi connectivity index (χ4v) is 9.44. The van der Waals surface area contributed by atoms with E-state index in [4.69, 9.17) is 15.2 Å². The number of rotatable bonds is 22. The summed E-state index contributed by atoms with van der Waals surface area (Å²) in [5, 5.41) is 24.1. The summed E-state index contributed by atoms with van der Waals surface area (Å²) in [5.41, 5.74) is -0.682. The molecule has 2 amide bonds. The number of ether oxygens (including phenoxy) is 2. The number of aliphatic hydroxyl groups is 1. The molecule has 0 bridgehead atoms. The van der Waals surface area contributed by atoms with Gasteiger partial charge in [-0.25, -0.2) is 14.0 Å². The fraction of sp³-hybridized carbons (Fsp3) is 0.775. The van der Waals surface area contributed by atoms with Gasteiger partial charge in [0.2, 0.25) is 5.78 Å². The third-order valence-electron chi connectivity index (χ3n) is 12.6. The highest BCUT2D eigenvalue weighted by atomic mass is 19.1. The number of amides is 2. The highest BCUT2D eigenvalue weighted by molar-refractivity contribution is 5.98. The zero-order valence-electron chi connectivity index (χ0n) is 32.6. The standard InChI is InChI=1S/C40H64FN5O8/c1-28-24-32-31-13-12-29-25-30(47)14-15-37(29,2)39(31,41)33(48)26-38(32,3)40(28,52)34(49)27-54-36(51)45-21-6-4-5-9-23-53-35(50)46-22-11-20-44-18-8-7-17-43-19-10-16-42/h12,14-15,28,31-32,43-44,52H,4-11,13,16-27,42H2,1-3H3,(H,45,51)(H,46,50)/t28-,31?,32?,37?,38?,39+,40+/m1/s1. The molecule has 54 heavy (non-hydrogen) atoms. The number of carbonyl (C=O) groups excluding carboxylic acids is 5. The van der Waals surface area contributed by atoms with Crippen molar-refractivity contribution in [2.45, 2.75) is 109 Å². The summed E-state index contributed by atoms with van der Waals surface area (Å²) in [4.78, 5) is 63.9. The summed E-state index contributed by atoms with van der Waals surface area (Å²) in [6, 6.07) is 0. The number of unbranched alkanes of at least 4 members (excludes halogenated alkanes) is 4. The monoisotopic (exact) mass is 761 g/mol. The summed E-state index contributed by atoms with van der Waals surface area (Å²) in [6.07, 6.45) is 10.8. The molecule has 4 rings (SSSR count). The highest BCUT2D eigenvalue weighted by Crippen LogP contribution is 2.69. The predicted molar refractivity (Wildman–Crippen MR) is 202 cm³/mol. The quantitative estimate of drug-likeness (QED) is 0.0693. The fourth-order valence-electron chi connectivity index (χ4n) is 9.44. The van der Waals surface area contributed by atoms with Gasteiger partial charge in [-0.3, -0.25) is 14.4 Å². The van der Waals surface area contributed by atoms with Crippen molar-refractivity contribution in [2.24, 2.45) is 34.3 Å². The zero-order valence-corrected chi connectivity index (χ0v) is 32.6. The first kappa shape index (κ1) is 43.5. The second kappa shape index (κ2) is 19.6. The topological polar surface area (TPSA) is 198 Å². The molecule has 4 aliphatic rings. The number of nitrogens with one attached hydrogen (secondary N) is 4. The summed E-state index contributed by atoms with van der Waals surface area (Å²) < 4.78 is 27.7. The van der Waals surface area contributed by atoms with Crippen LogP contribution in [0.2, 0.25) is 0 Å². The normalized spacial score (nSPS) is 31.2. The number of Topliss-reactive ketones (excluding diaryl/α,β-unsaturated/α-hetero) is 2. The Morgan fingerprint density at radius 3 is 2.19 bits per heavy atom. The van der Waals surface area contributed by atoms with Gasteiger partial charge in [-0.2, -0.15) is 0 Å². The molecular weight excluding hydrogens is 697 g/mol. The molecule has 2 fully saturated rings. The molecule has 2 saturated carbocycles. The zero-order chi connectivity index (χ0) is 39.4.